The van der Waals surface area contributed by atoms with Gasteiger partial charge in [-0.3, -0.25) is 9.48 Å². The number of piperidine rings is 1. The summed E-state index contributed by atoms with van der Waals surface area (Å²) in [6.07, 6.45) is 8.83. The SMILES string of the molecule is CC(CC1CCOCC1)N[C@@H]1CCC(=O)N[C@H]1c1cnn(C)c1. The quantitative estimate of drug-likeness (QED) is 0.863. The molecule has 1 aromatic rings. The molecule has 2 aliphatic rings. The summed E-state index contributed by atoms with van der Waals surface area (Å²) in [7, 11) is 1.91. The first-order valence-electron chi connectivity index (χ1n) is 8.73. The summed E-state index contributed by atoms with van der Waals surface area (Å²) in [6.45, 7) is 4.05. The largest absolute Gasteiger partial charge is 0.381 e. The van der Waals surface area contributed by atoms with Crippen LogP contribution in [0.2, 0.25) is 0 Å². The molecule has 23 heavy (non-hydrogen) atoms. The van der Waals surface area contributed by atoms with E-state index in [4.69, 9.17) is 4.74 Å². The monoisotopic (exact) mass is 320 g/mol. The lowest BCUT2D eigenvalue weighted by Crippen LogP contribution is -2.51. The molecule has 0 aromatic carbocycles. The first-order chi connectivity index (χ1) is 11.1. The minimum atomic E-state index is 0.0158. The van der Waals surface area contributed by atoms with Crippen LogP contribution in [-0.4, -0.2) is 41.0 Å². The van der Waals surface area contributed by atoms with Gasteiger partial charge in [-0.1, -0.05) is 0 Å². The average Bonchev–Trinajstić information content (AvgIpc) is 2.96. The Hall–Kier alpha value is -1.40. The molecule has 0 bridgehead atoms. The summed E-state index contributed by atoms with van der Waals surface area (Å²) in [6, 6.07) is 0.728. The number of aryl methyl sites for hydroxylation is 1. The van der Waals surface area contributed by atoms with E-state index in [9.17, 15) is 4.79 Å². The minimum absolute atomic E-state index is 0.0158. The normalized spacial score (nSPS) is 27.7. The van der Waals surface area contributed by atoms with Crippen LogP contribution in [0.3, 0.4) is 0 Å². The molecule has 1 amide bonds. The van der Waals surface area contributed by atoms with E-state index >= 15 is 0 Å². The van der Waals surface area contributed by atoms with Crippen LogP contribution in [0.4, 0.5) is 0 Å². The topological polar surface area (TPSA) is 68.2 Å². The predicted octanol–water partition coefficient (Wildman–Crippen LogP) is 1.53. The van der Waals surface area contributed by atoms with Crippen LogP contribution in [0.5, 0.6) is 0 Å². The van der Waals surface area contributed by atoms with E-state index in [0.717, 1.165) is 31.1 Å². The van der Waals surface area contributed by atoms with Crippen molar-refractivity contribution in [2.75, 3.05) is 13.2 Å². The Balaban J connectivity index is 1.60. The first-order valence-corrected chi connectivity index (χ1v) is 8.73. The maximum absolute atomic E-state index is 11.8. The molecule has 1 aromatic heterocycles. The van der Waals surface area contributed by atoms with Gasteiger partial charge in [0.2, 0.25) is 5.91 Å². The lowest BCUT2D eigenvalue weighted by atomic mass is 9.90. The number of nitrogens with zero attached hydrogens (tertiary/aromatic N) is 2. The lowest BCUT2D eigenvalue weighted by molar-refractivity contribution is -0.124. The van der Waals surface area contributed by atoms with Gasteiger partial charge in [0.25, 0.3) is 0 Å². The van der Waals surface area contributed by atoms with Crippen LogP contribution in [0.15, 0.2) is 12.4 Å². The number of carbonyl (C=O) groups is 1. The van der Waals surface area contributed by atoms with Gasteiger partial charge in [-0.25, -0.2) is 0 Å². The molecule has 128 valence electrons. The van der Waals surface area contributed by atoms with Gasteiger partial charge in [-0.05, 0) is 38.5 Å². The van der Waals surface area contributed by atoms with Crippen molar-refractivity contribution in [3.8, 4) is 0 Å². The highest BCUT2D eigenvalue weighted by atomic mass is 16.5. The fourth-order valence-electron chi connectivity index (χ4n) is 3.81. The Morgan fingerprint density at radius 2 is 2.22 bits per heavy atom. The number of rotatable bonds is 5. The van der Waals surface area contributed by atoms with Gasteiger partial charge >= 0.3 is 0 Å². The van der Waals surface area contributed by atoms with E-state index < -0.39 is 0 Å². The summed E-state index contributed by atoms with van der Waals surface area (Å²) >= 11 is 0. The first kappa shape index (κ1) is 16.5. The molecule has 0 aliphatic carbocycles. The Morgan fingerprint density at radius 1 is 1.43 bits per heavy atom. The smallest absolute Gasteiger partial charge is 0.220 e. The number of ether oxygens (including phenoxy) is 1. The van der Waals surface area contributed by atoms with E-state index in [-0.39, 0.29) is 18.0 Å². The third kappa shape index (κ3) is 4.32. The van der Waals surface area contributed by atoms with Crippen molar-refractivity contribution in [2.45, 2.75) is 57.2 Å². The number of nitrogens with one attached hydrogen (secondary N) is 2. The second-order valence-corrected chi connectivity index (χ2v) is 7.00. The Kier molecular flexibility index (Phi) is 5.33. The summed E-state index contributed by atoms with van der Waals surface area (Å²) in [5.41, 5.74) is 1.08. The zero-order chi connectivity index (χ0) is 16.2. The molecule has 2 fully saturated rings. The highest BCUT2D eigenvalue weighted by molar-refractivity contribution is 5.77. The van der Waals surface area contributed by atoms with Crippen molar-refractivity contribution in [3.63, 3.8) is 0 Å². The molecule has 0 spiro atoms. The molecule has 2 saturated heterocycles. The molecular formula is C17H28N4O2. The number of hydrogen-bond donors (Lipinski definition) is 2. The minimum Gasteiger partial charge on any atom is -0.381 e. The van der Waals surface area contributed by atoms with Gasteiger partial charge in [0.05, 0.1) is 12.2 Å². The molecule has 3 heterocycles. The predicted molar refractivity (Wildman–Crippen MR) is 87.9 cm³/mol. The van der Waals surface area contributed by atoms with E-state index in [1.54, 1.807) is 4.68 Å². The van der Waals surface area contributed by atoms with Crippen LogP contribution in [0, 0.1) is 5.92 Å². The van der Waals surface area contributed by atoms with E-state index in [1.807, 2.05) is 19.4 Å². The molecule has 0 saturated carbocycles. The van der Waals surface area contributed by atoms with Crippen LogP contribution in [0.25, 0.3) is 0 Å². The van der Waals surface area contributed by atoms with Crippen LogP contribution in [0.1, 0.15) is 50.6 Å². The highest BCUT2D eigenvalue weighted by Gasteiger charge is 2.31. The molecule has 2 aliphatic heterocycles. The second kappa shape index (κ2) is 7.45. The third-order valence-electron chi connectivity index (χ3n) is 5.01. The third-order valence-corrected chi connectivity index (χ3v) is 5.01. The standard InChI is InChI=1S/C17H28N4O2/c1-12(9-13-5-7-23-8-6-13)19-15-3-4-16(22)20-17(15)14-10-18-21(2)11-14/h10-13,15,17,19H,3-9H2,1-2H3,(H,20,22)/t12?,15-,17+/m1/s1. The molecule has 2 N–H and O–H groups in total. The van der Waals surface area contributed by atoms with Crippen molar-refractivity contribution >= 4 is 5.91 Å². The summed E-state index contributed by atoms with van der Waals surface area (Å²) in [4.78, 5) is 11.8. The number of hydrogen-bond acceptors (Lipinski definition) is 4. The van der Waals surface area contributed by atoms with Crippen molar-refractivity contribution in [2.24, 2.45) is 13.0 Å². The van der Waals surface area contributed by atoms with Gasteiger partial charge in [0.1, 0.15) is 0 Å². The van der Waals surface area contributed by atoms with Crippen molar-refractivity contribution < 1.29 is 9.53 Å². The number of carbonyl (C=O) groups excluding carboxylic acids is 1. The summed E-state index contributed by atoms with van der Waals surface area (Å²) in [5, 5.41) is 11.1. The van der Waals surface area contributed by atoms with E-state index in [2.05, 4.69) is 22.7 Å². The molecule has 1 unspecified atom stereocenters. The maximum atomic E-state index is 11.8. The van der Waals surface area contributed by atoms with Crippen molar-refractivity contribution in [1.29, 1.82) is 0 Å². The fraction of sp³-hybridized carbons (Fsp3) is 0.765. The lowest BCUT2D eigenvalue weighted by Gasteiger charge is -2.35. The molecule has 3 atom stereocenters. The van der Waals surface area contributed by atoms with Crippen molar-refractivity contribution in [3.05, 3.63) is 18.0 Å². The summed E-state index contributed by atoms with van der Waals surface area (Å²) < 4.78 is 7.23. The second-order valence-electron chi connectivity index (χ2n) is 7.00. The Labute approximate surface area is 138 Å². The van der Waals surface area contributed by atoms with Crippen LogP contribution in [-0.2, 0) is 16.6 Å². The van der Waals surface area contributed by atoms with Crippen LogP contribution < -0.4 is 10.6 Å². The zero-order valence-corrected chi connectivity index (χ0v) is 14.1. The van der Waals surface area contributed by atoms with Crippen LogP contribution >= 0.6 is 0 Å². The van der Waals surface area contributed by atoms with Gasteiger partial charge in [0, 0.05) is 50.5 Å². The maximum Gasteiger partial charge on any atom is 0.220 e. The fourth-order valence-corrected chi connectivity index (χ4v) is 3.81. The molecule has 6 heteroatoms. The van der Waals surface area contributed by atoms with Gasteiger partial charge in [-0.15, -0.1) is 0 Å². The van der Waals surface area contributed by atoms with E-state index in [1.165, 1.54) is 19.3 Å². The zero-order valence-electron chi connectivity index (χ0n) is 14.1. The number of amides is 1. The van der Waals surface area contributed by atoms with E-state index in [0.29, 0.717) is 12.5 Å². The van der Waals surface area contributed by atoms with Crippen molar-refractivity contribution in [1.82, 2.24) is 20.4 Å². The van der Waals surface area contributed by atoms with Gasteiger partial charge in [0.15, 0.2) is 0 Å². The van der Waals surface area contributed by atoms with Gasteiger partial charge < -0.3 is 15.4 Å². The molecule has 0 radical (unpaired) electrons. The highest BCUT2D eigenvalue weighted by Crippen LogP contribution is 2.26. The molecular weight excluding hydrogens is 292 g/mol. The van der Waals surface area contributed by atoms with Gasteiger partial charge in [-0.2, -0.15) is 5.10 Å². The average molecular weight is 320 g/mol. The Bertz CT molecular complexity index is 524. The molecule has 6 nitrogen and oxygen atoms in total. The number of aromatic nitrogens is 2. The molecule has 3 rings (SSSR count). The Morgan fingerprint density at radius 3 is 2.91 bits per heavy atom. The summed E-state index contributed by atoms with van der Waals surface area (Å²) in [5.74, 6) is 0.884.